The number of nitrogens with zero attached hydrogens (tertiary/aromatic N) is 1. The number of nitrogens with one attached hydrogen (secondary N) is 2. The number of imidazole rings is 1. The fourth-order valence-corrected chi connectivity index (χ4v) is 1.84. The van der Waals surface area contributed by atoms with Crippen molar-refractivity contribution in [2.45, 2.75) is 33.4 Å². The highest BCUT2D eigenvalue weighted by atomic mass is 16.5. The summed E-state index contributed by atoms with van der Waals surface area (Å²) >= 11 is 0. The van der Waals surface area contributed by atoms with E-state index in [2.05, 4.69) is 41.3 Å². The second kappa shape index (κ2) is 7.70. The molecule has 20 heavy (non-hydrogen) atoms. The number of benzene rings is 1. The lowest BCUT2D eigenvalue weighted by Gasteiger charge is -2.09. The van der Waals surface area contributed by atoms with Crippen molar-refractivity contribution in [3.8, 4) is 5.75 Å². The van der Waals surface area contributed by atoms with Crippen LogP contribution in [0, 0.1) is 5.92 Å². The third kappa shape index (κ3) is 5.05. The van der Waals surface area contributed by atoms with Crippen LogP contribution >= 0.6 is 0 Å². The van der Waals surface area contributed by atoms with E-state index in [-0.39, 0.29) is 0 Å². The minimum atomic E-state index is 0.681. The molecule has 0 aliphatic rings. The molecular weight excluding hydrogens is 250 g/mol. The minimum Gasteiger partial charge on any atom is -0.494 e. The first-order valence-electron chi connectivity index (χ1n) is 7.14. The second-order valence-corrected chi connectivity index (χ2v) is 5.36. The molecule has 0 radical (unpaired) electrons. The van der Waals surface area contributed by atoms with E-state index in [4.69, 9.17) is 4.74 Å². The molecule has 2 N–H and O–H groups in total. The normalized spacial score (nSPS) is 10.9. The van der Waals surface area contributed by atoms with E-state index in [0.29, 0.717) is 5.92 Å². The van der Waals surface area contributed by atoms with Crippen molar-refractivity contribution in [1.82, 2.24) is 15.3 Å². The number of aromatic nitrogens is 2. The van der Waals surface area contributed by atoms with Crippen LogP contribution in [0.5, 0.6) is 5.75 Å². The quantitative estimate of drug-likeness (QED) is 0.777. The summed E-state index contributed by atoms with van der Waals surface area (Å²) in [4.78, 5) is 7.06. The molecule has 0 amide bonds. The van der Waals surface area contributed by atoms with E-state index in [1.807, 2.05) is 18.3 Å². The van der Waals surface area contributed by atoms with Gasteiger partial charge < -0.3 is 15.0 Å². The van der Waals surface area contributed by atoms with Crippen molar-refractivity contribution < 1.29 is 4.74 Å². The van der Waals surface area contributed by atoms with Gasteiger partial charge in [-0.15, -0.1) is 0 Å². The first-order chi connectivity index (χ1) is 9.74. The molecule has 0 bridgehead atoms. The lowest BCUT2D eigenvalue weighted by Crippen LogP contribution is -2.12. The predicted octanol–water partition coefficient (Wildman–Crippen LogP) is 3.12. The molecule has 0 unspecified atom stereocenters. The molecule has 2 aromatic rings. The van der Waals surface area contributed by atoms with Gasteiger partial charge in [0.25, 0.3) is 0 Å². The first-order valence-corrected chi connectivity index (χ1v) is 7.14. The molecule has 0 aliphatic heterocycles. The predicted molar refractivity (Wildman–Crippen MR) is 80.5 cm³/mol. The van der Waals surface area contributed by atoms with Crippen molar-refractivity contribution in [1.29, 1.82) is 0 Å². The van der Waals surface area contributed by atoms with Crippen LogP contribution < -0.4 is 10.1 Å². The summed E-state index contributed by atoms with van der Waals surface area (Å²) < 4.78 is 5.70. The van der Waals surface area contributed by atoms with Crippen molar-refractivity contribution in [3.05, 3.63) is 48.0 Å². The van der Waals surface area contributed by atoms with Gasteiger partial charge in [-0.05, 0) is 30.0 Å². The Morgan fingerprint density at radius 1 is 1.20 bits per heavy atom. The van der Waals surface area contributed by atoms with Crippen LogP contribution in [0.4, 0.5) is 0 Å². The molecular formula is C16H23N3O. The van der Waals surface area contributed by atoms with Gasteiger partial charge in [-0.1, -0.05) is 26.0 Å². The summed E-state index contributed by atoms with van der Waals surface area (Å²) in [5, 5.41) is 3.37. The number of hydrogen-bond acceptors (Lipinski definition) is 3. The standard InChI is InChI=1S/C16H23N3O/c1-13(2)7-8-20-16-5-3-14(4-6-16)9-17-10-15-11-18-12-19-15/h3-6,11-13,17H,7-10H2,1-2H3,(H,18,19). The molecule has 0 spiro atoms. The van der Waals surface area contributed by atoms with Crippen molar-refractivity contribution in [2.75, 3.05) is 6.61 Å². The number of aromatic amines is 1. The Hall–Kier alpha value is -1.81. The largest absolute Gasteiger partial charge is 0.494 e. The monoisotopic (exact) mass is 273 g/mol. The van der Waals surface area contributed by atoms with E-state index in [1.165, 1.54) is 5.56 Å². The lowest BCUT2D eigenvalue weighted by atomic mass is 10.1. The third-order valence-corrected chi connectivity index (χ3v) is 3.09. The smallest absolute Gasteiger partial charge is 0.119 e. The van der Waals surface area contributed by atoms with Gasteiger partial charge in [0.15, 0.2) is 0 Å². The van der Waals surface area contributed by atoms with Gasteiger partial charge >= 0.3 is 0 Å². The van der Waals surface area contributed by atoms with Gasteiger partial charge in [0, 0.05) is 25.0 Å². The van der Waals surface area contributed by atoms with E-state index >= 15 is 0 Å². The first kappa shape index (κ1) is 14.6. The number of ether oxygens (including phenoxy) is 1. The molecule has 0 atom stereocenters. The summed E-state index contributed by atoms with van der Waals surface area (Å²) in [6, 6.07) is 8.27. The summed E-state index contributed by atoms with van der Waals surface area (Å²) in [6.45, 7) is 6.84. The number of rotatable bonds is 8. The molecule has 108 valence electrons. The van der Waals surface area contributed by atoms with Crippen LogP contribution in [0.1, 0.15) is 31.5 Å². The fourth-order valence-electron chi connectivity index (χ4n) is 1.84. The lowest BCUT2D eigenvalue weighted by molar-refractivity contribution is 0.289. The molecule has 0 aliphatic carbocycles. The highest BCUT2D eigenvalue weighted by molar-refractivity contribution is 5.27. The molecule has 1 aromatic heterocycles. The van der Waals surface area contributed by atoms with Gasteiger partial charge in [-0.2, -0.15) is 0 Å². The van der Waals surface area contributed by atoms with Gasteiger partial charge in [0.1, 0.15) is 5.75 Å². The topological polar surface area (TPSA) is 49.9 Å². The van der Waals surface area contributed by atoms with Crippen LogP contribution in [-0.2, 0) is 13.1 Å². The zero-order chi connectivity index (χ0) is 14.2. The van der Waals surface area contributed by atoms with Crippen LogP contribution in [0.3, 0.4) is 0 Å². The van der Waals surface area contributed by atoms with Crippen molar-refractivity contribution in [3.63, 3.8) is 0 Å². The van der Waals surface area contributed by atoms with E-state index in [1.54, 1.807) is 6.33 Å². The summed E-state index contributed by atoms with van der Waals surface area (Å²) in [7, 11) is 0. The van der Waals surface area contributed by atoms with E-state index in [9.17, 15) is 0 Å². The fraction of sp³-hybridized carbons (Fsp3) is 0.438. The highest BCUT2D eigenvalue weighted by Crippen LogP contribution is 2.13. The average Bonchev–Trinajstić information content (AvgIpc) is 2.93. The van der Waals surface area contributed by atoms with Gasteiger partial charge in [0.2, 0.25) is 0 Å². The molecule has 4 heteroatoms. The summed E-state index contributed by atoms with van der Waals surface area (Å²) in [5.74, 6) is 1.63. The van der Waals surface area contributed by atoms with E-state index < -0.39 is 0 Å². The maximum Gasteiger partial charge on any atom is 0.119 e. The summed E-state index contributed by atoms with van der Waals surface area (Å²) in [5.41, 5.74) is 2.35. The minimum absolute atomic E-state index is 0.681. The van der Waals surface area contributed by atoms with Crippen molar-refractivity contribution >= 4 is 0 Å². The maximum absolute atomic E-state index is 5.70. The number of H-pyrrole nitrogens is 1. The zero-order valence-electron chi connectivity index (χ0n) is 12.2. The van der Waals surface area contributed by atoms with Crippen LogP contribution in [0.15, 0.2) is 36.8 Å². The number of hydrogen-bond donors (Lipinski definition) is 2. The molecule has 1 aromatic carbocycles. The van der Waals surface area contributed by atoms with Gasteiger partial charge in [0.05, 0.1) is 12.9 Å². The van der Waals surface area contributed by atoms with E-state index in [0.717, 1.165) is 37.6 Å². The molecule has 0 saturated heterocycles. The van der Waals surface area contributed by atoms with Gasteiger partial charge in [-0.3, -0.25) is 0 Å². The molecule has 0 saturated carbocycles. The van der Waals surface area contributed by atoms with Crippen LogP contribution in [0.25, 0.3) is 0 Å². The summed E-state index contributed by atoms with van der Waals surface area (Å²) in [6.07, 6.45) is 4.62. The molecule has 4 nitrogen and oxygen atoms in total. The maximum atomic E-state index is 5.70. The molecule has 2 rings (SSSR count). The Morgan fingerprint density at radius 2 is 2.00 bits per heavy atom. The Morgan fingerprint density at radius 3 is 2.65 bits per heavy atom. The molecule has 0 fully saturated rings. The zero-order valence-corrected chi connectivity index (χ0v) is 12.2. The SMILES string of the molecule is CC(C)CCOc1ccc(CNCc2cnc[nH]2)cc1. The van der Waals surface area contributed by atoms with Gasteiger partial charge in [-0.25, -0.2) is 4.98 Å². The van der Waals surface area contributed by atoms with Crippen LogP contribution in [-0.4, -0.2) is 16.6 Å². The average molecular weight is 273 g/mol. The van der Waals surface area contributed by atoms with Crippen LogP contribution in [0.2, 0.25) is 0 Å². The highest BCUT2D eigenvalue weighted by Gasteiger charge is 1.98. The Labute approximate surface area is 120 Å². The van der Waals surface area contributed by atoms with Crippen molar-refractivity contribution in [2.24, 2.45) is 5.92 Å². The third-order valence-electron chi connectivity index (χ3n) is 3.09. The Balaban J connectivity index is 1.71. The second-order valence-electron chi connectivity index (χ2n) is 5.36. The Kier molecular flexibility index (Phi) is 5.62. The Bertz CT molecular complexity index is 477. The molecule has 1 heterocycles.